The van der Waals surface area contributed by atoms with Gasteiger partial charge >= 0.3 is 5.97 Å². The highest BCUT2D eigenvalue weighted by Crippen LogP contribution is 2.26. The molecule has 0 spiro atoms. The number of aromatic nitrogens is 4. The van der Waals surface area contributed by atoms with Crippen molar-refractivity contribution in [2.45, 2.75) is 39.1 Å². The zero-order chi connectivity index (χ0) is 14.9. The van der Waals surface area contributed by atoms with Gasteiger partial charge in [0, 0.05) is 13.6 Å². The van der Waals surface area contributed by atoms with Crippen molar-refractivity contribution >= 4 is 28.7 Å². The Morgan fingerprint density at radius 3 is 2.80 bits per heavy atom. The van der Waals surface area contributed by atoms with Crippen LogP contribution >= 0.6 is 11.6 Å². The number of halogens is 1. The second kappa shape index (κ2) is 5.83. The fraction of sp³-hybridized carbons (Fsp3) is 0.615. The molecular weight excluding hydrogens is 280 g/mol. The van der Waals surface area contributed by atoms with Crippen LogP contribution in [0.15, 0.2) is 0 Å². The number of imidazole rings is 1. The van der Waals surface area contributed by atoms with Crippen molar-refractivity contribution in [3.63, 3.8) is 0 Å². The largest absolute Gasteiger partial charge is 0.466 e. The molecule has 7 heteroatoms. The molecule has 1 atom stereocenters. The minimum absolute atomic E-state index is 0.221. The lowest BCUT2D eigenvalue weighted by Crippen LogP contribution is -2.13. The van der Waals surface area contributed by atoms with Gasteiger partial charge in [0.05, 0.1) is 24.1 Å². The Bertz CT molecular complexity index is 630. The molecule has 0 radical (unpaired) electrons. The average Bonchev–Trinajstić information content (AvgIpc) is 2.87. The molecule has 110 valence electrons. The van der Waals surface area contributed by atoms with Gasteiger partial charge in [-0.3, -0.25) is 9.48 Å². The predicted octanol–water partition coefficient (Wildman–Crippen LogP) is 2.33. The maximum Gasteiger partial charge on any atom is 0.307 e. The van der Waals surface area contributed by atoms with E-state index in [2.05, 4.69) is 10.1 Å². The summed E-state index contributed by atoms with van der Waals surface area (Å²) in [5, 5.41) is 4.12. The Labute approximate surface area is 122 Å². The second-order valence-corrected chi connectivity index (χ2v) is 5.33. The summed E-state index contributed by atoms with van der Waals surface area (Å²) in [6.07, 6.45) is 0.292. The van der Waals surface area contributed by atoms with E-state index in [0.717, 1.165) is 22.7 Å². The van der Waals surface area contributed by atoms with Crippen LogP contribution in [0.5, 0.6) is 0 Å². The molecule has 2 aromatic rings. The van der Waals surface area contributed by atoms with Gasteiger partial charge in [0.2, 0.25) is 0 Å². The Morgan fingerprint density at radius 2 is 2.20 bits per heavy atom. The van der Waals surface area contributed by atoms with Gasteiger partial charge in [0.1, 0.15) is 11.3 Å². The number of rotatable bonds is 5. The van der Waals surface area contributed by atoms with E-state index in [9.17, 15) is 4.79 Å². The number of carbonyl (C=O) groups is 1. The van der Waals surface area contributed by atoms with Crippen molar-refractivity contribution in [3.8, 4) is 0 Å². The van der Waals surface area contributed by atoms with E-state index in [1.807, 2.05) is 25.5 Å². The summed E-state index contributed by atoms with van der Waals surface area (Å²) < 4.78 is 8.68. The van der Waals surface area contributed by atoms with Crippen molar-refractivity contribution in [2.24, 2.45) is 7.05 Å². The van der Waals surface area contributed by atoms with Crippen LogP contribution in [0, 0.1) is 6.92 Å². The van der Waals surface area contributed by atoms with Gasteiger partial charge in [-0.1, -0.05) is 0 Å². The summed E-state index contributed by atoms with van der Waals surface area (Å²) in [6, 6.07) is 0. The van der Waals surface area contributed by atoms with E-state index in [1.54, 1.807) is 11.6 Å². The SMILES string of the molecule is CCOC(=O)CCn1c(C(C)Cl)nc2c(C)nn(C)c21. The highest BCUT2D eigenvalue weighted by Gasteiger charge is 2.20. The zero-order valence-corrected chi connectivity index (χ0v) is 12.9. The first-order chi connectivity index (χ1) is 9.45. The maximum atomic E-state index is 11.5. The molecule has 20 heavy (non-hydrogen) atoms. The topological polar surface area (TPSA) is 61.9 Å². The molecule has 2 heterocycles. The molecule has 0 amide bonds. The Balaban J connectivity index is 2.38. The standard InChI is InChI=1S/C13H19ClN4O2/c1-5-20-10(19)6-7-18-12(8(2)14)15-11-9(3)16-17(4)13(11)18/h8H,5-7H2,1-4H3. The molecule has 2 aromatic heterocycles. The first-order valence-electron chi connectivity index (χ1n) is 6.65. The lowest BCUT2D eigenvalue weighted by Gasteiger charge is -2.10. The first-order valence-corrected chi connectivity index (χ1v) is 7.08. The number of ether oxygens (including phenoxy) is 1. The predicted molar refractivity (Wildman–Crippen MR) is 76.8 cm³/mol. The quantitative estimate of drug-likeness (QED) is 0.628. The van der Waals surface area contributed by atoms with Crippen molar-refractivity contribution in [1.29, 1.82) is 0 Å². The maximum absolute atomic E-state index is 11.5. The molecule has 6 nitrogen and oxygen atoms in total. The van der Waals surface area contributed by atoms with Crippen molar-refractivity contribution in [1.82, 2.24) is 19.3 Å². The number of nitrogens with zero attached hydrogens (tertiary/aromatic N) is 4. The lowest BCUT2D eigenvalue weighted by atomic mass is 10.4. The highest BCUT2D eigenvalue weighted by atomic mass is 35.5. The zero-order valence-electron chi connectivity index (χ0n) is 12.2. The van der Waals surface area contributed by atoms with Crippen LogP contribution in [0.3, 0.4) is 0 Å². The Kier molecular flexibility index (Phi) is 4.32. The van der Waals surface area contributed by atoms with Gasteiger partial charge in [-0.05, 0) is 20.8 Å². The summed E-state index contributed by atoms with van der Waals surface area (Å²) in [4.78, 5) is 16.1. The van der Waals surface area contributed by atoms with Gasteiger partial charge < -0.3 is 9.30 Å². The van der Waals surface area contributed by atoms with E-state index >= 15 is 0 Å². The third kappa shape index (κ3) is 2.65. The summed E-state index contributed by atoms with van der Waals surface area (Å²) >= 11 is 6.19. The van der Waals surface area contributed by atoms with E-state index in [0.29, 0.717) is 19.6 Å². The number of carbonyl (C=O) groups excluding carboxylic acids is 1. The smallest absolute Gasteiger partial charge is 0.307 e. The van der Waals surface area contributed by atoms with E-state index in [1.165, 1.54) is 0 Å². The Hall–Kier alpha value is -1.56. The van der Waals surface area contributed by atoms with Crippen LogP contribution in [0.1, 0.15) is 37.2 Å². The van der Waals surface area contributed by atoms with Crippen LogP contribution in [-0.2, 0) is 23.1 Å². The van der Waals surface area contributed by atoms with Gasteiger partial charge in [0.15, 0.2) is 5.65 Å². The highest BCUT2D eigenvalue weighted by molar-refractivity contribution is 6.20. The number of hydrogen-bond acceptors (Lipinski definition) is 4. The Morgan fingerprint density at radius 1 is 1.50 bits per heavy atom. The molecule has 1 unspecified atom stereocenters. The van der Waals surface area contributed by atoms with E-state index in [4.69, 9.17) is 16.3 Å². The fourth-order valence-electron chi connectivity index (χ4n) is 2.31. The van der Waals surface area contributed by atoms with Crippen LogP contribution in [-0.4, -0.2) is 31.9 Å². The molecule has 0 fully saturated rings. The molecule has 0 aliphatic heterocycles. The van der Waals surface area contributed by atoms with Crippen LogP contribution in [0.2, 0.25) is 0 Å². The van der Waals surface area contributed by atoms with E-state index < -0.39 is 0 Å². The fourth-order valence-corrected chi connectivity index (χ4v) is 2.48. The molecule has 0 saturated carbocycles. The molecular formula is C13H19ClN4O2. The number of alkyl halides is 1. The third-order valence-corrected chi connectivity index (χ3v) is 3.32. The lowest BCUT2D eigenvalue weighted by molar-refractivity contribution is -0.143. The number of hydrogen-bond donors (Lipinski definition) is 0. The third-order valence-electron chi connectivity index (χ3n) is 3.12. The van der Waals surface area contributed by atoms with Crippen molar-refractivity contribution < 1.29 is 9.53 Å². The summed E-state index contributed by atoms with van der Waals surface area (Å²) in [7, 11) is 1.86. The van der Waals surface area contributed by atoms with Gasteiger partial charge in [-0.15, -0.1) is 11.6 Å². The van der Waals surface area contributed by atoms with Crippen LogP contribution < -0.4 is 0 Å². The minimum Gasteiger partial charge on any atom is -0.466 e. The summed E-state index contributed by atoms with van der Waals surface area (Å²) in [5.74, 6) is 0.531. The molecule has 0 aliphatic carbocycles. The normalized spacial score (nSPS) is 12.8. The minimum atomic E-state index is -0.232. The van der Waals surface area contributed by atoms with E-state index in [-0.39, 0.29) is 11.3 Å². The van der Waals surface area contributed by atoms with Crippen molar-refractivity contribution in [2.75, 3.05) is 6.61 Å². The van der Waals surface area contributed by atoms with Gasteiger partial charge in [-0.2, -0.15) is 5.10 Å². The second-order valence-electron chi connectivity index (χ2n) is 4.67. The van der Waals surface area contributed by atoms with Crippen LogP contribution in [0.25, 0.3) is 11.2 Å². The molecule has 2 rings (SSSR count). The number of fused-ring (bicyclic) bond motifs is 1. The molecule has 0 saturated heterocycles. The monoisotopic (exact) mass is 298 g/mol. The van der Waals surface area contributed by atoms with Gasteiger partial charge in [0.25, 0.3) is 0 Å². The van der Waals surface area contributed by atoms with Gasteiger partial charge in [-0.25, -0.2) is 4.98 Å². The first kappa shape index (κ1) is 14.8. The molecule has 0 aliphatic rings. The van der Waals surface area contributed by atoms with Crippen molar-refractivity contribution in [3.05, 3.63) is 11.5 Å². The van der Waals surface area contributed by atoms with Crippen LogP contribution in [0.4, 0.5) is 0 Å². The number of esters is 1. The molecule has 0 aromatic carbocycles. The summed E-state index contributed by atoms with van der Waals surface area (Å²) in [5.41, 5.74) is 2.57. The molecule has 0 bridgehead atoms. The molecule has 0 N–H and O–H groups in total. The number of aryl methyl sites for hydroxylation is 3. The summed E-state index contributed by atoms with van der Waals surface area (Å²) in [6.45, 7) is 6.45. The average molecular weight is 299 g/mol.